The molecule has 78 valence electrons. The predicted molar refractivity (Wildman–Crippen MR) is 54.8 cm³/mol. The first kappa shape index (κ1) is 11.0. The Morgan fingerprint density at radius 3 is 2.85 bits per heavy atom. The van der Waals surface area contributed by atoms with E-state index in [1.54, 1.807) is 0 Å². The van der Waals surface area contributed by atoms with Crippen LogP contribution in [0.2, 0.25) is 0 Å². The minimum Gasteiger partial charge on any atom is -0.392 e. The highest BCUT2D eigenvalue weighted by Crippen LogP contribution is 2.08. The molecule has 1 fully saturated rings. The van der Waals surface area contributed by atoms with Crippen LogP contribution in [0.3, 0.4) is 0 Å². The van der Waals surface area contributed by atoms with Gasteiger partial charge in [0.05, 0.1) is 6.10 Å². The SMILES string of the molecule is CC(C)NCCCN1CC[C@H](O)C1. The summed E-state index contributed by atoms with van der Waals surface area (Å²) in [5.41, 5.74) is 0. The summed E-state index contributed by atoms with van der Waals surface area (Å²) in [6, 6.07) is 0.587. The van der Waals surface area contributed by atoms with Gasteiger partial charge in [-0.15, -0.1) is 0 Å². The molecule has 13 heavy (non-hydrogen) atoms. The van der Waals surface area contributed by atoms with E-state index < -0.39 is 0 Å². The van der Waals surface area contributed by atoms with Gasteiger partial charge in [-0.3, -0.25) is 0 Å². The van der Waals surface area contributed by atoms with Crippen molar-refractivity contribution in [3.05, 3.63) is 0 Å². The Balaban J connectivity index is 1.94. The molecule has 0 radical (unpaired) electrons. The van der Waals surface area contributed by atoms with Crippen LogP contribution in [0.15, 0.2) is 0 Å². The minimum absolute atomic E-state index is 0.0712. The van der Waals surface area contributed by atoms with Crippen LogP contribution in [0.4, 0.5) is 0 Å². The van der Waals surface area contributed by atoms with Crippen LogP contribution in [0, 0.1) is 0 Å². The molecule has 3 nitrogen and oxygen atoms in total. The molecular formula is C10H22N2O. The lowest BCUT2D eigenvalue weighted by molar-refractivity contribution is 0.176. The fourth-order valence-electron chi connectivity index (χ4n) is 1.71. The van der Waals surface area contributed by atoms with E-state index in [-0.39, 0.29) is 6.10 Å². The number of nitrogens with zero attached hydrogens (tertiary/aromatic N) is 1. The molecule has 0 aromatic heterocycles. The third kappa shape index (κ3) is 4.60. The van der Waals surface area contributed by atoms with Gasteiger partial charge in [0.25, 0.3) is 0 Å². The van der Waals surface area contributed by atoms with Crippen LogP contribution in [-0.4, -0.2) is 48.3 Å². The zero-order valence-electron chi connectivity index (χ0n) is 8.79. The predicted octanol–water partition coefficient (Wildman–Crippen LogP) is 0.441. The Kier molecular flexibility index (Phi) is 4.70. The standard InChI is InChI=1S/C10H22N2O/c1-9(2)11-5-3-6-12-7-4-10(13)8-12/h9-11,13H,3-8H2,1-2H3/t10-/m0/s1. The maximum atomic E-state index is 9.29. The molecule has 1 saturated heterocycles. The molecular weight excluding hydrogens is 164 g/mol. The van der Waals surface area contributed by atoms with E-state index in [4.69, 9.17) is 0 Å². The lowest BCUT2D eigenvalue weighted by atomic mass is 10.3. The Bertz CT molecular complexity index is 139. The summed E-state index contributed by atoms with van der Waals surface area (Å²) in [5, 5.41) is 12.7. The highest BCUT2D eigenvalue weighted by atomic mass is 16.3. The monoisotopic (exact) mass is 186 g/mol. The molecule has 1 aliphatic heterocycles. The van der Waals surface area contributed by atoms with Gasteiger partial charge in [0.15, 0.2) is 0 Å². The van der Waals surface area contributed by atoms with Crippen LogP contribution in [0.5, 0.6) is 0 Å². The third-order valence-electron chi connectivity index (χ3n) is 2.45. The molecule has 1 aliphatic rings. The second-order valence-electron chi connectivity index (χ2n) is 4.21. The van der Waals surface area contributed by atoms with E-state index in [2.05, 4.69) is 24.1 Å². The molecule has 0 aromatic carbocycles. The largest absolute Gasteiger partial charge is 0.392 e. The van der Waals surface area contributed by atoms with Crippen molar-refractivity contribution < 1.29 is 5.11 Å². The smallest absolute Gasteiger partial charge is 0.0679 e. The Morgan fingerprint density at radius 1 is 1.54 bits per heavy atom. The van der Waals surface area contributed by atoms with Crippen LogP contribution in [0.1, 0.15) is 26.7 Å². The number of rotatable bonds is 5. The average Bonchev–Trinajstić information content (AvgIpc) is 2.45. The van der Waals surface area contributed by atoms with E-state index in [9.17, 15) is 5.11 Å². The van der Waals surface area contributed by atoms with Crippen molar-refractivity contribution in [2.45, 2.75) is 38.8 Å². The van der Waals surface area contributed by atoms with Gasteiger partial charge < -0.3 is 15.3 Å². The molecule has 3 heteroatoms. The van der Waals surface area contributed by atoms with E-state index in [1.165, 1.54) is 6.42 Å². The molecule has 0 unspecified atom stereocenters. The van der Waals surface area contributed by atoms with E-state index in [0.29, 0.717) is 6.04 Å². The van der Waals surface area contributed by atoms with Crippen LogP contribution in [-0.2, 0) is 0 Å². The number of hydrogen-bond acceptors (Lipinski definition) is 3. The Labute approximate surface area is 81.1 Å². The van der Waals surface area contributed by atoms with Gasteiger partial charge >= 0.3 is 0 Å². The van der Waals surface area contributed by atoms with Gasteiger partial charge in [-0.1, -0.05) is 13.8 Å². The number of hydrogen-bond donors (Lipinski definition) is 2. The lowest BCUT2D eigenvalue weighted by Gasteiger charge is -2.15. The molecule has 1 atom stereocenters. The van der Waals surface area contributed by atoms with Crippen molar-refractivity contribution in [2.75, 3.05) is 26.2 Å². The summed E-state index contributed by atoms with van der Waals surface area (Å²) < 4.78 is 0. The molecule has 0 bridgehead atoms. The first-order valence-corrected chi connectivity index (χ1v) is 5.32. The summed E-state index contributed by atoms with van der Waals surface area (Å²) in [6.07, 6.45) is 2.07. The van der Waals surface area contributed by atoms with Gasteiger partial charge in [0, 0.05) is 19.1 Å². The Hall–Kier alpha value is -0.120. The zero-order valence-corrected chi connectivity index (χ0v) is 8.79. The lowest BCUT2D eigenvalue weighted by Crippen LogP contribution is -2.29. The normalized spacial score (nSPS) is 24.5. The molecule has 0 spiro atoms. The number of nitrogens with one attached hydrogen (secondary N) is 1. The van der Waals surface area contributed by atoms with Gasteiger partial charge in [-0.25, -0.2) is 0 Å². The third-order valence-corrected chi connectivity index (χ3v) is 2.45. The topological polar surface area (TPSA) is 35.5 Å². The van der Waals surface area contributed by atoms with Gasteiger partial charge in [0.2, 0.25) is 0 Å². The summed E-state index contributed by atoms with van der Waals surface area (Å²) in [5.74, 6) is 0. The first-order valence-electron chi connectivity index (χ1n) is 5.32. The second-order valence-corrected chi connectivity index (χ2v) is 4.21. The van der Waals surface area contributed by atoms with Crippen molar-refractivity contribution in [1.29, 1.82) is 0 Å². The minimum atomic E-state index is -0.0712. The maximum absolute atomic E-state index is 9.29. The van der Waals surface area contributed by atoms with Gasteiger partial charge in [0.1, 0.15) is 0 Å². The molecule has 2 N–H and O–H groups in total. The van der Waals surface area contributed by atoms with Crippen molar-refractivity contribution in [2.24, 2.45) is 0 Å². The van der Waals surface area contributed by atoms with Crippen molar-refractivity contribution in [3.63, 3.8) is 0 Å². The fourth-order valence-corrected chi connectivity index (χ4v) is 1.71. The van der Waals surface area contributed by atoms with E-state index >= 15 is 0 Å². The van der Waals surface area contributed by atoms with Crippen LogP contribution in [0.25, 0.3) is 0 Å². The number of aliphatic hydroxyl groups excluding tert-OH is 1. The van der Waals surface area contributed by atoms with Gasteiger partial charge in [-0.2, -0.15) is 0 Å². The van der Waals surface area contributed by atoms with Crippen LogP contribution >= 0.6 is 0 Å². The molecule has 0 saturated carbocycles. The molecule has 0 aromatic rings. The highest BCUT2D eigenvalue weighted by molar-refractivity contribution is 4.74. The summed E-state index contributed by atoms with van der Waals surface area (Å²) in [4.78, 5) is 2.34. The van der Waals surface area contributed by atoms with E-state index in [1.807, 2.05) is 0 Å². The Morgan fingerprint density at radius 2 is 2.31 bits per heavy atom. The quantitative estimate of drug-likeness (QED) is 0.612. The molecule has 0 aliphatic carbocycles. The number of β-amino-alcohol motifs (C(OH)–C–C–N with tert-alkyl or cyclic N) is 1. The highest BCUT2D eigenvalue weighted by Gasteiger charge is 2.18. The maximum Gasteiger partial charge on any atom is 0.0679 e. The number of likely N-dealkylation sites (tertiary alicyclic amines) is 1. The zero-order chi connectivity index (χ0) is 9.68. The molecule has 1 heterocycles. The fraction of sp³-hybridized carbons (Fsp3) is 1.00. The van der Waals surface area contributed by atoms with E-state index in [0.717, 1.165) is 32.6 Å². The van der Waals surface area contributed by atoms with Crippen molar-refractivity contribution in [1.82, 2.24) is 10.2 Å². The molecule has 0 amide bonds. The average molecular weight is 186 g/mol. The summed E-state index contributed by atoms with van der Waals surface area (Å²) in [6.45, 7) is 8.49. The van der Waals surface area contributed by atoms with Gasteiger partial charge in [-0.05, 0) is 25.9 Å². The van der Waals surface area contributed by atoms with Crippen molar-refractivity contribution >= 4 is 0 Å². The second kappa shape index (κ2) is 5.58. The summed E-state index contributed by atoms with van der Waals surface area (Å²) in [7, 11) is 0. The van der Waals surface area contributed by atoms with Crippen LogP contribution < -0.4 is 5.32 Å². The molecule has 1 rings (SSSR count). The summed E-state index contributed by atoms with van der Waals surface area (Å²) >= 11 is 0. The van der Waals surface area contributed by atoms with Crippen molar-refractivity contribution in [3.8, 4) is 0 Å². The first-order chi connectivity index (χ1) is 6.18. The number of aliphatic hydroxyl groups is 1.